The number of hydrogen-bond acceptors (Lipinski definition) is 16. The van der Waals surface area contributed by atoms with Crippen molar-refractivity contribution in [2.75, 3.05) is 77.0 Å². The summed E-state index contributed by atoms with van der Waals surface area (Å²) in [5, 5.41) is 36.5. The Hall–Kier alpha value is -12.7. The van der Waals surface area contributed by atoms with Crippen LogP contribution in [0.15, 0.2) is 110 Å². The molecule has 0 bridgehead atoms. The van der Waals surface area contributed by atoms with Gasteiger partial charge in [-0.05, 0) is 87.9 Å². The van der Waals surface area contributed by atoms with E-state index in [4.69, 9.17) is 5.73 Å². The summed E-state index contributed by atoms with van der Waals surface area (Å²) in [7, 11) is 14.8. The SMILES string of the molecule is CN(CCCNC(=O)c1cccc(C(=O)O)c1)CCCNC(=O)c1cc(NC(=O)c2cc(NC(=O)c3cc(NC(=O)c4nc(NC(=O)[C@H](N)CCNC(=O)c5cc(NC(=O)c6cc(NC(=O)c7nc(NC(=O)c8nccn8C)cn7C)cn6C)cn5C)cn4C)cn3C)cn2C)cn1C. The standard InChI is InChI=1S/C64H75N23O12/c1-79(20-11-16-67-54(88)36-13-10-14-37(23-36)64(98)99)21-12-17-68-56(90)44-24-38(29-81(44)3)70-58(92)46-26-40(31-83(46)5)72-60(94)48-28-41(32-85(48)7)73-62(96)52-75-49(34-86(52)8)77-55(89)43(65)15-18-69-57(91)45-25-39(30-82(45)4)71-59(93)47-27-42(33-84(47)6)74-63(97)53-76-50(35-87(53)9)78-61(95)51-66-19-22-80(51)2/h10,13-14,19,22-35,43H,11-12,15-18,20-21,65H2,1-9H3,(H,67,88)(H,68,90)(H,69,91)(H,70,92)(H,71,93)(H,72,94)(H,73,96)(H,74,97)(H,77,89)(H,78,95)(H,98,99)/t43-/m1/s1. The molecule has 0 unspecified atom stereocenters. The molecule has 13 N–H and O–H groups in total. The molecule has 99 heavy (non-hydrogen) atoms. The Morgan fingerprint density at radius 1 is 0.434 bits per heavy atom. The van der Waals surface area contributed by atoms with E-state index in [1.807, 2.05) is 7.05 Å². The molecule has 0 saturated carbocycles. The Labute approximate surface area is 565 Å². The molecular weight excluding hydrogens is 1280 g/mol. The smallest absolute Gasteiger partial charge is 0.335 e. The van der Waals surface area contributed by atoms with Crippen LogP contribution in [-0.4, -0.2) is 172 Å². The van der Waals surface area contributed by atoms with Crippen molar-refractivity contribution >= 4 is 105 Å². The van der Waals surface area contributed by atoms with Crippen molar-refractivity contribution in [3.05, 3.63) is 167 Å². The summed E-state index contributed by atoms with van der Waals surface area (Å²) in [6, 6.07) is 12.1. The van der Waals surface area contributed by atoms with Gasteiger partial charge in [-0.2, -0.15) is 0 Å². The largest absolute Gasteiger partial charge is 0.478 e. The predicted molar refractivity (Wildman–Crippen MR) is 363 cm³/mol. The van der Waals surface area contributed by atoms with Gasteiger partial charge in [0, 0.05) is 137 Å². The number of aryl methyl sites for hydroxylation is 8. The van der Waals surface area contributed by atoms with E-state index in [9.17, 15) is 57.8 Å². The number of carbonyl (C=O) groups is 11. The van der Waals surface area contributed by atoms with Gasteiger partial charge in [0.2, 0.25) is 17.6 Å². The summed E-state index contributed by atoms with van der Waals surface area (Å²) in [5.41, 5.74) is 8.97. The zero-order chi connectivity index (χ0) is 71.5. The van der Waals surface area contributed by atoms with Crippen molar-refractivity contribution in [2.45, 2.75) is 25.3 Å². The van der Waals surface area contributed by atoms with Gasteiger partial charge in [0.15, 0.2) is 17.5 Å². The summed E-state index contributed by atoms with van der Waals surface area (Å²) in [6.45, 7) is 2.10. The van der Waals surface area contributed by atoms with Gasteiger partial charge < -0.3 is 105 Å². The monoisotopic (exact) mass is 1360 g/mol. The Kier molecular flexibility index (Phi) is 22.0. The second kappa shape index (κ2) is 30.8. The molecule has 1 atom stereocenters. The zero-order valence-corrected chi connectivity index (χ0v) is 55.5. The zero-order valence-electron chi connectivity index (χ0n) is 55.5. The molecule has 0 radical (unpaired) electrons. The molecule has 9 aromatic rings. The molecule has 35 nitrogen and oxygen atoms in total. The topological polar surface area (TPSA) is 436 Å². The van der Waals surface area contributed by atoms with Gasteiger partial charge in [0.1, 0.15) is 28.5 Å². The number of imidazole rings is 3. The lowest BCUT2D eigenvalue weighted by atomic mass is 10.1. The quantitative estimate of drug-likeness (QED) is 0.0300. The van der Waals surface area contributed by atoms with Crippen LogP contribution in [0.3, 0.4) is 0 Å². The van der Waals surface area contributed by atoms with Crippen LogP contribution >= 0.6 is 0 Å². The Morgan fingerprint density at radius 3 is 1.22 bits per heavy atom. The van der Waals surface area contributed by atoms with Crippen LogP contribution in [0.1, 0.15) is 124 Å². The number of nitrogens with two attached hydrogens (primary N) is 1. The molecule has 0 fully saturated rings. The highest BCUT2D eigenvalue weighted by molar-refractivity contribution is 6.10. The number of carboxylic acids is 1. The fraction of sp³-hybridized carbons (Fsp3) is 0.281. The predicted octanol–water partition coefficient (Wildman–Crippen LogP) is 2.75. The fourth-order valence-corrected chi connectivity index (χ4v) is 10.5. The Bertz CT molecular complexity index is 4600. The minimum atomic E-state index is -1.12. The van der Waals surface area contributed by atoms with Gasteiger partial charge in [-0.3, -0.25) is 47.9 Å². The minimum absolute atomic E-state index is 0.00168. The number of carbonyl (C=O) groups excluding carboxylic acids is 10. The number of nitrogens with zero attached hydrogens (tertiary/aromatic N) is 12. The van der Waals surface area contributed by atoms with E-state index in [1.165, 1.54) is 119 Å². The van der Waals surface area contributed by atoms with E-state index in [2.05, 4.69) is 73.0 Å². The maximum absolute atomic E-state index is 13.6. The van der Waals surface area contributed by atoms with Crippen LogP contribution in [0.25, 0.3) is 0 Å². The Balaban J connectivity index is 0.674. The highest BCUT2D eigenvalue weighted by Gasteiger charge is 2.25. The van der Waals surface area contributed by atoms with Gasteiger partial charge in [0.05, 0.1) is 40.0 Å². The third-order valence-electron chi connectivity index (χ3n) is 15.6. The van der Waals surface area contributed by atoms with Gasteiger partial charge in [-0.1, -0.05) is 6.07 Å². The van der Waals surface area contributed by atoms with Crippen LogP contribution in [0, 0.1) is 0 Å². The number of anilines is 7. The van der Waals surface area contributed by atoms with E-state index in [0.717, 1.165) is 0 Å². The lowest BCUT2D eigenvalue weighted by Gasteiger charge is -2.17. The second-order valence-corrected chi connectivity index (χ2v) is 23.4. The molecule has 0 spiro atoms. The summed E-state index contributed by atoms with van der Waals surface area (Å²) in [5.74, 6) is -6.20. The molecule has 8 heterocycles. The highest BCUT2D eigenvalue weighted by Crippen LogP contribution is 2.23. The van der Waals surface area contributed by atoms with Crippen molar-refractivity contribution in [3.63, 3.8) is 0 Å². The van der Waals surface area contributed by atoms with Crippen molar-refractivity contribution < 1.29 is 57.8 Å². The van der Waals surface area contributed by atoms with Crippen LogP contribution in [0.4, 0.5) is 40.1 Å². The maximum atomic E-state index is 13.6. The molecule has 8 aromatic heterocycles. The lowest BCUT2D eigenvalue weighted by Crippen LogP contribution is -2.39. The molecule has 0 saturated heterocycles. The fourth-order valence-electron chi connectivity index (χ4n) is 10.5. The summed E-state index contributed by atoms with van der Waals surface area (Å²) < 4.78 is 11.9. The first-order valence-electron chi connectivity index (χ1n) is 30.8. The first kappa shape index (κ1) is 70.7. The third kappa shape index (κ3) is 17.6. The van der Waals surface area contributed by atoms with Crippen LogP contribution in [0.5, 0.6) is 0 Å². The van der Waals surface area contributed by atoms with Crippen molar-refractivity contribution in [1.82, 2.24) is 72.3 Å². The van der Waals surface area contributed by atoms with Crippen molar-refractivity contribution in [2.24, 2.45) is 62.1 Å². The third-order valence-corrected chi connectivity index (χ3v) is 15.6. The summed E-state index contributed by atoms with van der Waals surface area (Å²) >= 11 is 0. The van der Waals surface area contributed by atoms with Crippen LogP contribution in [-0.2, 0) is 61.2 Å². The second-order valence-electron chi connectivity index (χ2n) is 23.4. The van der Waals surface area contributed by atoms with Gasteiger partial charge in [-0.15, -0.1) is 0 Å². The first-order valence-corrected chi connectivity index (χ1v) is 30.8. The van der Waals surface area contributed by atoms with Crippen LogP contribution < -0.4 is 58.9 Å². The number of carboxylic acid groups (broad SMARTS) is 1. The number of aromatic nitrogens is 11. The van der Waals surface area contributed by atoms with Gasteiger partial charge >= 0.3 is 5.97 Å². The molecule has 9 rings (SSSR count). The number of benzene rings is 1. The van der Waals surface area contributed by atoms with Crippen LogP contribution in [0.2, 0.25) is 0 Å². The maximum Gasteiger partial charge on any atom is 0.335 e. The molecule has 1 aromatic carbocycles. The summed E-state index contributed by atoms with van der Waals surface area (Å²) in [4.78, 5) is 158. The number of hydrogen-bond donors (Lipinski definition) is 12. The normalized spacial score (nSPS) is 11.4. The molecule has 0 aliphatic heterocycles. The average molecular weight is 1360 g/mol. The van der Waals surface area contributed by atoms with E-state index in [-0.39, 0.29) is 105 Å². The molecule has 518 valence electrons. The van der Waals surface area contributed by atoms with Gasteiger partial charge in [-0.25, -0.2) is 19.7 Å². The molecule has 0 aliphatic rings. The number of aromatic carboxylic acids is 1. The molecular formula is C64H75N23O12. The highest BCUT2D eigenvalue weighted by atomic mass is 16.4. The number of nitrogens with one attached hydrogen (secondary N) is 10. The average Bonchev–Trinajstić information content (AvgIpc) is 1.69. The molecule has 0 aliphatic carbocycles. The Morgan fingerprint density at radius 2 is 0.808 bits per heavy atom. The molecule has 10 amide bonds. The first-order chi connectivity index (χ1) is 47.1. The van der Waals surface area contributed by atoms with E-state index in [1.54, 1.807) is 84.6 Å². The van der Waals surface area contributed by atoms with E-state index in [0.29, 0.717) is 56.1 Å². The molecule has 35 heteroatoms. The number of amides is 10. The minimum Gasteiger partial charge on any atom is -0.478 e. The van der Waals surface area contributed by atoms with Crippen molar-refractivity contribution in [1.29, 1.82) is 0 Å². The summed E-state index contributed by atoms with van der Waals surface area (Å²) in [6.07, 6.45) is 15.0. The lowest BCUT2D eigenvalue weighted by molar-refractivity contribution is -0.117. The van der Waals surface area contributed by atoms with E-state index < -0.39 is 59.3 Å². The van der Waals surface area contributed by atoms with E-state index >= 15 is 0 Å². The van der Waals surface area contributed by atoms with Crippen molar-refractivity contribution in [3.8, 4) is 0 Å². The van der Waals surface area contributed by atoms with Gasteiger partial charge in [0.25, 0.3) is 53.2 Å². The number of rotatable bonds is 29.